The lowest BCUT2D eigenvalue weighted by atomic mass is 10.1. The molecule has 1 unspecified atom stereocenters. The molecule has 0 saturated carbocycles. The minimum absolute atomic E-state index is 0.309. The van der Waals surface area contributed by atoms with Gasteiger partial charge in [-0.3, -0.25) is 4.79 Å². The Balaban J connectivity index is 2.18. The van der Waals surface area contributed by atoms with Gasteiger partial charge in [-0.05, 0) is 19.3 Å². The second-order valence-electron chi connectivity index (χ2n) is 4.62. The summed E-state index contributed by atoms with van der Waals surface area (Å²) in [4.78, 5) is 11.2. The van der Waals surface area contributed by atoms with Crippen molar-refractivity contribution >= 4 is 16.2 Å². The summed E-state index contributed by atoms with van der Waals surface area (Å²) in [5.74, 6) is -1.05. The minimum atomic E-state index is -3.63. The molecule has 2 saturated heterocycles. The van der Waals surface area contributed by atoms with Gasteiger partial charge in [0.15, 0.2) is 0 Å². The molecule has 7 nitrogen and oxygen atoms in total. The Morgan fingerprint density at radius 1 is 1.17 bits per heavy atom. The van der Waals surface area contributed by atoms with E-state index in [1.807, 2.05) is 0 Å². The molecule has 8 heteroatoms. The van der Waals surface area contributed by atoms with Crippen LogP contribution in [0.2, 0.25) is 0 Å². The summed E-state index contributed by atoms with van der Waals surface area (Å²) < 4.78 is 27.4. The average molecular weight is 277 g/mol. The van der Waals surface area contributed by atoms with Gasteiger partial charge in [-0.1, -0.05) is 0 Å². The number of rotatable bonds is 3. The largest absolute Gasteiger partial charge is 0.480 e. The fourth-order valence-corrected chi connectivity index (χ4v) is 4.27. The van der Waals surface area contributed by atoms with Gasteiger partial charge in [0.2, 0.25) is 0 Å². The SMILES string of the molecule is O=C(O)C1CCCCN1S(=O)(=O)N1CCNCC1. The van der Waals surface area contributed by atoms with Gasteiger partial charge in [-0.25, -0.2) is 0 Å². The van der Waals surface area contributed by atoms with Crippen molar-refractivity contribution in [2.24, 2.45) is 0 Å². The highest BCUT2D eigenvalue weighted by Crippen LogP contribution is 2.23. The summed E-state index contributed by atoms with van der Waals surface area (Å²) in [5, 5.41) is 12.2. The average Bonchev–Trinajstić information content (AvgIpc) is 2.39. The van der Waals surface area contributed by atoms with Crippen molar-refractivity contribution in [3.8, 4) is 0 Å². The number of carboxylic acid groups (broad SMARTS) is 1. The van der Waals surface area contributed by atoms with Crippen LogP contribution in [0.15, 0.2) is 0 Å². The van der Waals surface area contributed by atoms with Crippen LogP contribution >= 0.6 is 0 Å². The summed E-state index contributed by atoms with van der Waals surface area (Å²) in [5.41, 5.74) is 0. The zero-order chi connectivity index (χ0) is 13.2. The van der Waals surface area contributed by atoms with E-state index in [0.717, 1.165) is 17.1 Å². The van der Waals surface area contributed by atoms with Crippen LogP contribution < -0.4 is 5.32 Å². The molecule has 0 aromatic carbocycles. The molecule has 2 N–H and O–H groups in total. The summed E-state index contributed by atoms with van der Waals surface area (Å²) in [6.07, 6.45) is 1.90. The molecule has 0 aromatic rings. The molecule has 0 aliphatic carbocycles. The summed E-state index contributed by atoms with van der Waals surface area (Å²) >= 11 is 0. The smallest absolute Gasteiger partial charge is 0.322 e. The molecule has 2 heterocycles. The molecular weight excluding hydrogens is 258 g/mol. The highest BCUT2D eigenvalue weighted by Gasteiger charge is 2.40. The van der Waals surface area contributed by atoms with Crippen molar-refractivity contribution in [3.05, 3.63) is 0 Å². The maximum absolute atomic E-state index is 12.4. The van der Waals surface area contributed by atoms with E-state index in [1.165, 1.54) is 4.31 Å². The Labute approximate surface area is 107 Å². The fraction of sp³-hybridized carbons (Fsp3) is 0.900. The van der Waals surface area contributed by atoms with E-state index in [0.29, 0.717) is 39.1 Å². The quantitative estimate of drug-likeness (QED) is 0.696. The lowest BCUT2D eigenvalue weighted by Crippen LogP contribution is -2.56. The van der Waals surface area contributed by atoms with E-state index >= 15 is 0 Å². The molecule has 1 atom stereocenters. The minimum Gasteiger partial charge on any atom is -0.480 e. The molecule has 0 amide bonds. The fourth-order valence-electron chi connectivity index (χ4n) is 2.45. The predicted molar refractivity (Wildman–Crippen MR) is 65.3 cm³/mol. The van der Waals surface area contributed by atoms with Crippen molar-refractivity contribution in [2.45, 2.75) is 25.3 Å². The summed E-state index contributed by atoms with van der Waals surface area (Å²) in [6, 6.07) is -0.904. The lowest BCUT2D eigenvalue weighted by molar-refractivity contribution is -0.142. The molecule has 0 bridgehead atoms. The molecule has 0 radical (unpaired) electrons. The van der Waals surface area contributed by atoms with E-state index in [2.05, 4.69) is 5.32 Å². The second-order valence-corrected chi connectivity index (χ2v) is 6.50. The number of hydrogen-bond acceptors (Lipinski definition) is 4. The lowest BCUT2D eigenvalue weighted by Gasteiger charge is -2.37. The third-order valence-corrected chi connectivity index (χ3v) is 5.48. The first-order chi connectivity index (χ1) is 8.53. The van der Waals surface area contributed by atoms with E-state index in [9.17, 15) is 13.2 Å². The van der Waals surface area contributed by atoms with Gasteiger partial charge >= 0.3 is 5.97 Å². The third-order valence-electron chi connectivity index (χ3n) is 3.44. The van der Waals surface area contributed by atoms with Gasteiger partial charge in [0.25, 0.3) is 10.2 Å². The number of piperidine rings is 1. The molecule has 2 aliphatic rings. The van der Waals surface area contributed by atoms with E-state index in [4.69, 9.17) is 5.11 Å². The van der Waals surface area contributed by atoms with Crippen molar-refractivity contribution in [2.75, 3.05) is 32.7 Å². The predicted octanol–water partition coefficient (Wildman–Crippen LogP) is -0.924. The molecule has 0 aromatic heterocycles. The molecule has 0 spiro atoms. The van der Waals surface area contributed by atoms with Crippen LogP contribution in [0.5, 0.6) is 0 Å². The van der Waals surface area contributed by atoms with Gasteiger partial charge in [0.05, 0.1) is 0 Å². The van der Waals surface area contributed by atoms with E-state index in [1.54, 1.807) is 0 Å². The molecular formula is C10H19N3O4S. The Bertz CT molecular complexity index is 405. The van der Waals surface area contributed by atoms with E-state index < -0.39 is 22.2 Å². The molecule has 18 heavy (non-hydrogen) atoms. The first-order valence-electron chi connectivity index (χ1n) is 6.24. The zero-order valence-corrected chi connectivity index (χ0v) is 11.0. The Morgan fingerprint density at radius 2 is 1.83 bits per heavy atom. The zero-order valence-electron chi connectivity index (χ0n) is 10.2. The van der Waals surface area contributed by atoms with Gasteiger partial charge in [0.1, 0.15) is 6.04 Å². The highest BCUT2D eigenvalue weighted by atomic mass is 32.2. The van der Waals surface area contributed by atoms with Crippen LogP contribution in [0, 0.1) is 0 Å². The van der Waals surface area contributed by atoms with Crippen LogP contribution in [0.1, 0.15) is 19.3 Å². The second kappa shape index (κ2) is 5.52. The normalized spacial score (nSPS) is 28.1. The monoisotopic (exact) mass is 277 g/mol. The number of piperazine rings is 1. The van der Waals surface area contributed by atoms with Crippen LogP contribution in [0.25, 0.3) is 0 Å². The maximum atomic E-state index is 12.4. The topological polar surface area (TPSA) is 90.0 Å². The Hall–Kier alpha value is -0.700. The van der Waals surface area contributed by atoms with Gasteiger partial charge in [0, 0.05) is 32.7 Å². The van der Waals surface area contributed by atoms with Crippen molar-refractivity contribution in [1.29, 1.82) is 0 Å². The Morgan fingerprint density at radius 3 is 2.44 bits per heavy atom. The number of carboxylic acids is 1. The van der Waals surface area contributed by atoms with Gasteiger partial charge in [-0.2, -0.15) is 17.0 Å². The Kier molecular flexibility index (Phi) is 4.21. The number of carbonyl (C=O) groups is 1. The third kappa shape index (κ3) is 2.66. The number of nitrogens with zero attached hydrogens (tertiary/aromatic N) is 2. The summed E-state index contributed by atoms with van der Waals surface area (Å²) in [6.45, 7) is 2.36. The van der Waals surface area contributed by atoms with Crippen LogP contribution in [0.3, 0.4) is 0 Å². The first-order valence-corrected chi connectivity index (χ1v) is 7.63. The number of nitrogens with one attached hydrogen (secondary N) is 1. The van der Waals surface area contributed by atoms with E-state index in [-0.39, 0.29) is 0 Å². The maximum Gasteiger partial charge on any atom is 0.322 e. The number of hydrogen-bond donors (Lipinski definition) is 2. The van der Waals surface area contributed by atoms with Crippen LogP contribution in [0.4, 0.5) is 0 Å². The van der Waals surface area contributed by atoms with Gasteiger partial charge < -0.3 is 10.4 Å². The van der Waals surface area contributed by atoms with Gasteiger partial charge in [-0.15, -0.1) is 0 Å². The number of aliphatic carboxylic acids is 1. The molecule has 2 fully saturated rings. The molecule has 2 aliphatic heterocycles. The summed E-state index contributed by atoms with van der Waals surface area (Å²) in [7, 11) is -3.63. The molecule has 104 valence electrons. The van der Waals surface area contributed by atoms with Crippen molar-refractivity contribution in [3.63, 3.8) is 0 Å². The van der Waals surface area contributed by atoms with Crippen LogP contribution in [-0.2, 0) is 15.0 Å². The molecule has 2 rings (SSSR count). The van der Waals surface area contributed by atoms with Crippen molar-refractivity contribution < 1.29 is 18.3 Å². The highest BCUT2D eigenvalue weighted by molar-refractivity contribution is 7.86. The standard InChI is InChI=1S/C10H19N3O4S/c14-10(15)9-3-1-2-6-13(9)18(16,17)12-7-4-11-5-8-12/h9,11H,1-8H2,(H,14,15). The van der Waals surface area contributed by atoms with Crippen LogP contribution in [-0.4, -0.2) is 66.9 Å². The van der Waals surface area contributed by atoms with Crippen molar-refractivity contribution in [1.82, 2.24) is 13.9 Å². The first kappa shape index (κ1) is 13.7.